The van der Waals surface area contributed by atoms with Gasteiger partial charge in [-0.15, -0.1) is 0 Å². The van der Waals surface area contributed by atoms with Gasteiger partial charge in [-0.05, 0) is 54.8 Å². The van der Waals surface area contributed by atoms with Gasteiger partial charge < -0.3 is 10.6 Å². The second-order valence-corrected chi connectivity index (χ2v) is 6.42. The molecule has 4 nitrogen and oxygen atoms in total. The van der Waals surface area contributed by atoms with E-state index in [1.54, 1.807) is 24.3 Å². The average molecular weight is 343 g/mol. The molecule has 1 aliphatic rings. The van der Waals surface area contributed by atoms with Gasteiger partial charge in [-0.2, -0.15) is 0 Å². The number of halogens is 1. The fourth-order valence-corrected chi connectivity index (χ4v) is 2.73. The topological polar surface area (TPSA) is 58.2 Å². The number of aryl methyl sites for hydroxylation is 1. The highest BCUT2D eigenvalue weighted by atomic mass is 35.5. The second kappa shape index (κ2) is 7.05. The smallest absolute Gasteiger partial charge is 0.228 e. The maximum Gasteiger partial charge on any atom is 0.228 e. The summed E-state index contributed by atoms with van der Waals surface area (Å²) in [5, 5.41) is 6.31. The van der Waals surface area contributed by atoms with Crippen LogP contribution in [0.4, 0.5) is 11.4 Å². The van der Waals surface area contributed by atoms with E-state index in [0.717, 1.165) is 12.1 Å². The molecule has 24 heavy (non-hydrogen) atoms. The normalized spacial score (nSPS) is 18.8. The number of rotatable bonds is 5. The molecular formula is C19H19ClN2O2. The van der Waals surface area contributed by atoms with Crippen LogP contribution in [0.5, 0.6) is 0 Å². The van der Waals surface area contributed by atoms with Gasteiger partial charge in [0.2, 0.25) is 11.8 Å². The van der Waals surface area contributed by atoms with Crippen molar-refractivity contribution in [2.45, 2.75) is 19.8 Å². The molecule has 0 aromatic heterocycles. The molecule has 124 valence electrons. The zero-order valence-electron chi connectivity index (χ0n) is 13.4. The first-order valence-electron chi connectivity index (χ1n) is 8.03. The number of nitrogens with one attached hydrogen (secondary N) is 2. The van der Waals surface area contributed by atoms with Crippen LogP contribution >= 0.6 is 11.6 Å². The first-order chi connectivity index (χ1) is 11.6. The number of benzene rings is 2. The Balaban J connectivity index is 1.52. The number of carbonyl (C=O) groups excluding carboxylic acids is 2. The van der Waals surface area contributed by atoms with Gasteiger partial charge in [0.1, 0.15) is 0 Å². The molecule has 1 aliphatic carbocycles. The summed E-state index contributed by atoms with van der Waals surface area (Å²) in [5.41, 5.74) is 2.67. The van der Waals surface area contributed by atoms with Crippen molar-refractivity contribution in [2.75, 3.05) is 10.6 Å². The van der Waals surface area contributed by atoms with E-state index in [-0.39, 0.29) is 23.7 Å². The summed E-state index contributed by atoms with van der Waals surface area (Å²) < 4.78 is 0. The van der Waals surface area contributed by atoms with Crippen molar-refractivity contribution >= 4 is 34.8 Å². The standard InChI is InChI=1S/C19H19ClN2O2/c1-2-12-3-7-14(8-4-12)21-18(23)16-11-17(16)19(24)22-15-9-5-13(20)6-10-15/h3-10,16-17H,2,11H2,1H3,(H,21,23)(H,22,24). The van der Waals surface area contributed by atoms with Crippen molar-refractivity contribution in [3.05, 3.63) is 59.1 Å². The molecule has 2 unspecified atom stereocenters. The van der Waals surface area contributed by atoms with Crippen LogP contribution in [0.2, 0.25) is 5.02 Å². The molecule has 3 rings (SSSR count). The zero-order chi connectivity index (χ0) is 17.1. The van der Waals surface area contributed by atoms with E-state index < -0.39 is 0 Å². The molecule has 0 spiro atoms. The molecule has 0 heterocycles. The first-order valence-corrected chi connectivity index (χ1v) is 8.41. The predicted octanol–water partition coefficient (Wildman–Crippen LogP) is 4.12. The molecule has 2 amide bonds. The van der Waals surface area contributed by atoms with E-state index >= 15 is 0 Å². The lowest BCUT2D eigenvalue weighted by Gasteiger charge is -2.07. The highest BCUT2D eigenvalue weighted by molar-refractivity contribution is 6.30. The van der Waals surface area contributed by atoms with Crippen LogP contribution in [0.15, 0.2) is 48.5 Å². The van der Waals surface area contributed by atoms with Crippen molar-refractivity contribution in [1.82, 2.24) is 0 Å². The number of carbonyl (C=O) groups is 2. The molecular weight excluding hydrogens is 324 g/mol. The van der Waals surface area contributed by atoms with E-state index in [9.17, 15) is 9.59 Å². The molecule has 1 saturated carbocycles. The molecule has 1 fully saturated rings. The van der Waals surface area contributed by atoms with Crippen LogP contribution in [-0.2, 0) is 16.0 Å². The van der Waals surface area contributed by atoms with Crippen LogP contribution < -0.4 is 10.6 Å². The Labute approximate surface area is 146 Å². The highest BCUT2D eigenvalue weighted by Gasteiger charge is 2.48. The third-order valence-corrected chi connectivity index (χ3v) is 4.46. The van der Waals surface area contributed by atoms with Gasteiger partial charge in [0.05, 0.1) is 11.8 Å². The lowest BCUT2D eigenvalue weighted by atomic mass is 10.1. The maximum absolute atomic E-state index is 12.2. The molecule has 2 aromatic carbocycles. The van der Waals surface area contributed by atoms with Gasteiger partial charge in [-0.1, -0.05) is 30.7 Å². The lowest BCUT2D eigenvalue weighted by molar-refractivity contribution is -0.122. The quantitative estimate of drug-likeness (QED) is 0.858. The third kappa shape index (κ3) is 3.95. The van der Waals surface area contributed by atoms with Gasteiger partial charge in [-0.3, -0.25) is 9.59 Å². The first kappa shape index (κ1) is 16.5. The zero-order valence-corrected chi connectivity index (χ0v) is 14.1. The van der Waals surface area contributed by atoms with Gasteiger partial charge in [0.15, 0.2) is 0 Å². The third-order valence-electron chi connectivity index (χ3n) is 4.21. The number of hydrogen-bond donors (Lipinski definition) is 2. The minimum atomic E-state index is -0.268. The van der Waals surface area contributed by atoms with Crippen LogP contribution in [0.3, 0.4) is 0 Å². The maximum atomic E-state index is 12.2. The van der Waals surface area contributed by atoms with Crippen LogP contribution in [0, 0.1) is 11.8 Å². The van der Waals surface area contributed by atoms with E-state index in [4.69, 9.17) is 11.6 Å². The Morgan fingerprint density at radius 3 is 1.83 bits per heavy atom. The predicted molar refractivity (Wildman–Crippen MR) is 96.1 cm³/mol. The number of amides is 2. The Hall–Kier alpha value is -2.33. The Morgan fingerprint density at radius 2 is 1.38 bits per heavy atom. The minimum absolute atomic E-state index is 0.101. The molecule has 5 heteroatoms. The summed E-state index contributed by atoms with van der Waals surface area (Å²) >= 11 is 5.82. The molecule has 0 aliphatic heterocycles. The van der Waals surface area contributed by atoms with E-state index in [1.807, 2.05) is 24.3 Å². The summed E-state index contributed by atoms with van der Waals surface area (Å²) in [7, 11) is 0. The molecule has 0 radical (unpaired) electrons. The van der Waals surface area contributed by atoms with Crippen LogP contribution in [-0.4, -0.2) is 11.8 Å². The van der Waals surface area contributed by atoms with Gasteiger partial charge in [-0.25, -0.2) is 0 Å². The Morgan fingerprint density at radius 1 is 0.917 bits per heavy atom. The van der Waals surface area contributed by atoms with E-state index in [2.05, 4.69) is 17.6 Å². The van der Waals surface area contributed by atoms with Crippen molar-refractivity contribution in [3.8, 4) is 0 Å². The molecule has 2 atom stereocenters. The van der Waals surface area contributed by atoms with Crippen LogP contribution in [0.25, 0.3) is 0 Å². The number of hydrogen-bond acceptors (Lipinski definition) is 2. The fourth-order valence-electron chi connectivity index (χ4n) is 2.60. The molecule has 2 N–H and O–H groups in total. The monoisotopic (exact) mass is 342 g/mol. The van der Waals surface area contributed by atoms with Gasteiger partial charge in [0, 0.05) is 16.4 Å². The molecule has 2 aromatic rings. The average Bonchev–Trinajstić information content (AvgIpc) is 3.38. The summed E-state index contributed by atoms with van der Waals surface area (Å²) in [4.78, 5) is 24.4. The SMILES string of the molecule is CCc1ccc(NC(=O)C2CC2C(=O)Nc2ccc(Cl)cc2)cc1. The minimum Gasteiger partial charge on any atom is -0.326 e. The lowest BCUT2D eigenvalue weighted by Crippen LogP contribution is -2.20. The summed E-state index contributed by atoms with van der Waals surface area (Å²) in [6.45, 7) is 2.08. The van der Waals surface area contributed by atoms with Crippen molar-refractivity contribution < 1.29 is 9.59 Å². The van der Waals surface area contributed by atoms with Gasteiger partial charge in [0.25, 0.3) is 0 Å². The second-order valence-electron chi connectivity index (χ2n) is 5.98. The van der Waals surface area contributed by atoms with Gasteiger partial charge >= 0.3 is 0 Å². The highest BCUT2D eigenvalue weighted by Crippen LogP contribution is 2.40. The van der Waals surface area contributed by atoms with Crippen molar-refractivity contribution in [3.63, 3.8) is 0 Å². The largest absolute Gasteiger partial charge is 0.326 e. The molecule has 0 saturated heterocycles. The summed E-state index contributed by atoms with van der Waals surface area (Å²) in [5.74, 6) is -0.756. The Bertz CT molecular complexity index is 741. The Kier molecular flexibility index (Phi) is 4.86. The van der Waals surface area contributed by atoms with E-state index in [0.29, 0.717) is 17.1 Å². The number of anilines is 2. The van der Waals surface area contributed by atoms with Crippen LogP contribution in [0.1, 0.15) is 18.9 Å². The molecule has 0 bridgehead atoms. The summed E-state index contributed by atoms with van der Waals surface area (Å²) in [6.07, 6.45) is 1.54. The van der Waals surface area contributed by atoms with E-state index in [1.165, 1.54) is 5.56 Å². The van der Waals surface area contributed by atoms with Crippen molar-refractivity contribution in [1.29, 1.82) is 0 Å². The summed E-state index contributed by atoms with van der Waals surface area (Å²) in [6, 6.07) is 14.7. The van der Waals surface area contributed by atoms with Crippen molar-refractivity contribution in [2.24, 2.45) is 11.8 Å². The fraction of sp³-hybridized carbons (Fsp3) is 0.263.